The first-order valence-electron chi connectivity index (χ1n) is 12.0. The zero-order valence-corrected chi connectivity index (χ0v) is 22.0. The zero-order valence-electron chi connectivity index (χ0n) is 21.1. The van der Waals surface area contributed by atoms with Crippen LogP contribution in [0.4, 0.5) is 23.0 Å². The predicted octanol–water partition coefficient (Wildman–Crippen LogP) is 4.72. The Hall–Kier alpha value is -4.28. The van der Waals surface area contributed by atoms with Crippen LogP contribution in [0.5, 0.6) is 0 Å². The van der Waals surface area contributed by atoms with Crippen LogP contribution in [0.3, 0.4) is 0 Å². The lowest BCUT2D eigenvalue weighted by atomic mass is 10.1. The Morgan fingerprint density at radius 2 is 1.71 bits per heavy atom. The Labute approximate surface area is 227 Å². The molecule has 0 aliphatic heterocycles. The van der Waals surface area contributed by atoms with Gasteiger partial charge in [-0.25, -0.2) is 9.97 Å². The Kier molecular flexibility index (Phi) is 9.02. The molecule has 0 saturated carbocycles. The van der Waals surface area contributed by atoms with E-state index in [1.165, 1.54) is 0 Å². The van der Waals surface area contributed by atoms with E-state index in [2.05, 4.69) is 43.5 Å². The van der Waals surface area contributed by atoms with E-state index in [0.29, 0.717) is 29.4 Å². The SMILES string of the molecule is CN(C)C[C@H](S)CC(=O)Nc1cccc(C(=O)Nc2ccc(Nc3nccc(-c4cccnc4)n3)cc2)c1. The first-order chi connectivity index (χ1) is 18.4. The lowest BCUT2D eigenvalue weighted by molar-refractivity contribution is -0.116. The minimum Gasteiger partial charge on any atom is -0.326 e. The number of carbonyl (C=O) groups excluding carboxylic acids is 2. The molecule has 2 aromatic heterocycles. The fraction of sp³-hybridized carbons (Fsp3) is 0.179. The summed E-state index contributed by atoms with van der Waals surface area (Å²) in [6.45, 7) is 0.693. The minimum absolute atomic E-state index is 0.0781. The van der Waals surface area contributed by atoms with Crippen LogP contribution in [-0.2, 0) is 4.79 Å². The highest BCUT2D eigenvalue weighted by atomic mass is 32.1. The van der Waals surface area contributed by atoms with Crippen molar-refractivity contribution >= 4 is 47.5 Å². The van der Waals surface area contributed by atoms with E-state index in [4.69, 9.17) is 0 Å². The summed E-state index contributed by atoms with van der Waals surface area (Å²) in [6, 6.07) is 19.7. The van der Waals surface area contributed by atoms with Crippen LogP contribution in [0.2, 0.25) is 0 Å². The summed E-state index contributed by atoms with van der Waals surface area (Å²) in [5.41, 5.74) is 4.05. The van der Waals surface area contributed by atoms with Crippen LogP contribution < -0.4 is 16.0 Å². The number of pyridine rings is 1. The second kappa shape index (κ2) is 12.8. The van der Waals surface area contributed by atoms with Gasteiger partial charge in [0.15, 0.2) is 0 Å². The number of nitrogens with one attached hydrogen (secondary N) is 3. The molecule has 4 aromatic rings. The molecule has 0 spiro atoms. The first-order valence-corrected chi connectivity index (χ1v) is 12.5. The molecule has 194 valence electrons. The number of carbonyl (C=O) groups is 2. The third kappa shape index (κ3) is 7.86. The number of benzene rings is 2. The van der Waals surface area contributed by atoms with Crippen LogP contribution in [0.15, 0.2) is 85.3 Å². The fourth-order valence-electron chi connectivity index (χ4n) is 3.71. The van der Waals surface area contributed by atoms with Gasteiger partial charge in [-0.05, 0) is 74.8 Å². The van der Waals surface area contributed by atoms with Crippen LogP contribution >= 0.6 is 12.6 Å². The normalized spacial score (nSPS) is 11.6. The Morgan fingerprint density at radius 3 is 2.45 bits per heavy atom. The van der Waals surface area contributed by atoms with Gasteiger partial charge in [-0.1, -0.05) is 6.07 Å². The molecule has 2 amide bonds. The number of hydrogen-bond acceptors (Lipinski definition) is 8. The number of anilines is 4. The van der Waals surface area contributed by atoms with Gasteiger partial charge in [-0.2, -0.15) is 12.6 Å². The molecule has 2 aromatic carbocycles. The van der Waals surface area contributed by atoms with Crippen molar-refractivity contribution in [2.45, 2.75) is 11.7 Å². The van der Waals surface area contributed by atoms with Crippen LogP contribution in [0.1, 0.15) is 16.8 Å². The molecule has 0 aliphatic carbocycles. The van der Waals surface area contributed by atoms with Crippen molar-refractivity contribution in [3.8, 4) is 11.3 Å². The monoisotopic (exact) mass is 527 g/mol. The second-order valence-electron chi connectivity index (χ2n) is 8.91. The molecule has 38 heavy (non-hydrogen) atoms. The van der Waals surface area contributed by atoms with Crippen LogP contribution in [-0.4, -0.2) is 57.6 Å². The largest absolute Gasteiger partial charge is 0.326 e. The average Bonchev–Trinajstić information content (AvgIpc) is 2.90. The van der Waals surface area contributed by atoms with Crippen LogP contribution in [0, 0.1) is 0 Å². The van der Waals surface area contributed by atoms with E-state index in [9.17, 15) is 9.59 Å². The molecule has 0 radical (unpaired) electrons. The smallest absolute Gasteiger partial charge is 0.255 e. The highest BCUT2D eigenvalue weighted by Gasteiger charge is 2.13. The Balaban J connectivity index is 1.34. The fourth-order valence-corrected chi connectivity index (χ4v) is 4.21. The van der Waals surface area contributed by atoms with Gasteiger partial charge < -0.3 is 20.9 Å². The third-order valence-corrected chi connectivity index (χ3v) is 5.76. The highest BCUT2D eigenvalue weighted by Crippen LogP contribution is 2.21. The molecule has 9 nitrogen and oxygen atoms in total. The van der Waals surface area contributed by atoms with E-state index in [-0.39, 0.29) is 23.5 Å². The number of amides is 2. The summed E-state index contributed by atoms with van der Waals surface area (Å²) in [7, 11) is 3.87. The molecule has 10 heteroatoms. The van der Waals surface area contributed by atoms with E-state index in [1.54, 1.807) is 55.0 Å². The van der Waals surface area contributed by atoms with Crippen molar-refractivity contribution in [2.75, 3.05) is 36.6 Å². The Bertz CT molecular complexity index is 1380. The van der Waals surface area contributed by atoms with E-state index < -0.39 is 0 Å². The van der Waals surface area contributed by atoms with Gasteiger partial charge in [-0.3, -0.25) is 14.6 Å². The van der Waals surface area contributed by atoms with Gasteiger partial charge in [0.25, 0.3) is 5.91 Å². The van der Waals surface area contributed by atoms with Gasteiger partial charge in [-0.15, -0.1) is 0 Å². The first kappa shape index (κ1) is 26.8. The molecule has 3 N–H and O–H groups in total. The molecule has 0 saturated heterocycles. The molecular weight excluding hydrogens is 498 g/mol. The van der Waals surface area contributed by atoms with Gasteiger partial charge in [0.2, 0.25) is 11.9 Å². The van der Waals surface area contributed by atoms with Gasteiger partial charge in [0.1, 0.15) is 0 Å². The van der Waals surface area contributed by atoms with Gasteiger partial charge in [0, 0.05) is 65.0 Å². The van der Waals surface area contributed by atoms with Crippen molar-refractivity contribution in [2.24, 2.45) is 0 Å². The second-order valence-corrected chi connectivity index (χ2v) is 9.64. The van der Waals surface area contributed by atoms with Crippen molar-refractivity contribution in [1.29, 1.82) is 0 Å². The summed E-state index contributed by atoms with van der Waals surface area (Å²) in [5, 5.41) is 8.81. The molecule has 4 rings (SSSR count). The molecule has 0 bridgehead atoms. The number of aromatic nitrogens is 3. The van der Waals surface area contributed by atoms with E-state index in [0.717, 1.165) is 16.9 Å². The van der Waals surface area contributed by atoms with Crippen molar-refractivity contribution in [1.82, 2.24) is 19.9 Å². The highest BCUT2D eigenvalue weighted by molar-refractivity contribution is 7.81. The number of rotatable bonds is 10. The van der Waals surface area contributed by atoms with Crippen LogP contribution in [0.25, 0.3) is 11.3 Å². The summed E-state index contributed by atoms with van der Waals surface area (Å²) in [5.74, 6) is 0.0180. The predicted molar refractivity (Wildman–Crippen MR) is 154 cm³/mol. The summed E-state index contributed by atoms with van der Waals surface area (Å²) >= 11 is 4.46. The van der Waals surface area contributed by atoms with Crippen molar-refractivity contribution < 1.29 is 9.59 Å². The maximum Gasteiger partial charge on any atom is 0.255 e. The quantitative estimate of drug-likeness (QED) is 0.221. The standard InChI is InChI=1S/C28H29N7O2S/c1-35(2)18-24(38)16-26(36)31-23-7-3-5-19(15-23)27(37)32-21-8-10-22(11-9-21)33-28-30-14-12-25(34-28)20-6-4-13-29-17-20/h3-15,17,24,38H,16,18H2,1-2H3,(H,31,36)(H,32,37)(H,30,33,34)/t24-/m1/s1. The lowest BCUT2D eigenvalue weighted by Crippen LogP contribution is -2.26. The van der Waals surface area contributed by atoms with Gasteiger partial charge in [0.05, 0.1) is 5.69 Å². The third-order valence-electron chi connectivity index (χ3n) is 5.42. The topological polar surface area (TPSA) is 112 Å². The average molecular weight is 528 g/mol. The maximum atomic E-state index is 12.8. The molecule has 2 heterocycles. The van der Waals surface area contributed by atoms with Crippen molar-refractivity contribution in [3.63, 3.8) is 0 Å². The molecule has 0 aliphatic rings. The van der Waals surface area contributed by atoms with Gasteiger partial charge >= 0.3 is 0 Å². The zero-order chi connectivity index (χ0) is 26.9. The Morgan fingerprint density at radius 1 is 0.921 bits per heavy atom. The minimum atomic E-state index is -0.283. The summed E-state index contributed by atoms with van der Waals surface area (Å²) in [4.78, 5) is 40.1. The number of nitrogens with zero attached hydrogens (tertiary/aromatic N) is 4. The summed E-state index contributed by atoms with van der Waals surface area (Å²) < 4.78 is 0. The molecule has 0 fully saturated rings. The lowest BCUT2D eigenvalue weighted by Gasteiger charge is -2.16. The number of thiol groups is 1. The molecule has 0 unspecified atom stereocenters. The summed E-state index contributed by atoms with van der Waals surface area (Å²) in [6.07, 6.45) is 5.42. The number of hydrogen-bond donors (Lipinski definition) is 4. The maximum absolute atomic E-state index is 12.8. The van der Waals surface area contributed by atoms with E-state index >= 15 is 0 Å². The molecular formula is C28H29N7O2S. The van der Waals surface area contributed by atoms with E-state index in [1.807, 2.05) is 49.3 Å². The van der Waals surface area contributed by atoms with Crippen molar-refractivity contribution in [3.05, 3.63) is 90.9 Å². The molecule has 1 atom stereocenters.